The molecule has 0 unspecified atom stereocenters. The number of aryl methyl sites for hydroxylation is 1. The summed E-state index contributed by atoms with van der Waals surface area (Å²) in [5, 5.41) is 10.8. The van der Waals surface area contributed by atoms with E-state index < -0.39 is 0 Å². The smallest absolute Gasteiger partial charge is 0.276 e. The molecule has 104 valence electrons. The van der Waals surface area contributed by atoms with Crippen LogP contribution in [0.3, 0.4) is 0 Å². The van der Waals surface area contributed by atoms with Crippen molar-refractivity contribution in [1.82, 2.24) is 10.2 Å². The largest absolute Gasteiger partial charge is 0.321 e. The van der Waals surface area contributed by atoms with Crippen molar-refractivity contribution in [2.45, 2.75) is 26.7 Å². The standard InChI is InChI=1S/C15H16BrN3O/c1-9(2)13-6-7-14(19-18-13)15(20)17-11-5-4-10(3)12(16)8-11/h4-9H,1-3H3,(H,17,20). The summed E-state index contributed by atoms with van der Waals surface area (Å²) >= 11 is 3.44. The summed E-state index contributed by atoms with van der Waals surface area (Å²) in [5.41, 5.74) is 3.03. The number of rotatable bonds is 3. The lowest BCUT2D eigenvalue weighted by Crippen LogP contribution is -2.15. The van der Waals surface area contributed by atoms with Crippen LogP contribution < -0.4 is 5.32 Å². The zero-order chi connectivity index (χ0) is 14.7. The van der Waals surface area contributed by atoms with Gasteiger partial charge in [-0.1, -0.05) is 35.8 Å². The molecular formula is C15H16BrN3O. The quantitative estimate of drug-likeness (QED) is 0.925. The summed E-state index contributed by atoms with van der Waals surface area (Å²) in [6, 6.07) is 9.18. The molecule has 0 bridgehead atoms. The number of hydrogen-bond donors (Lipinski definition) is 1. The van der Waals surface area contributed by atoms with Gasteiger partial charge in [-0.2, -0.15) is 5.10 Å². The molecule has 1 amide bonds. The van der Waals surface area contributed by atoms with Crippen LogP contribution in [-0.2, 0) is 0 Å². The van der Waals surface area contributed by atoms with Crippen molar-refractivity contribution in [3.63, 3.8) is 0 Å². The van der Waals surface area contributed by atoms with Crippen LogP contribution in [-0.4, -0.2) is 16.1 Å². The van der Waals surface area contributed by atoms with Crippen LogP contribution in [0.1, 0.15) is 41.5 Å². The lowest BCUT2D eigenvalue weighted by molar-refractivity contribution is 0.102. The summed E-state index contributed by atoms with van der Waals surface area (Å²) < 4.78 is 0.955. The van der Waals surface area contributed by atoms with E-state index in [1.165, 1.54) is 0 Å². The molecule has 4 nitrogen and oxygen atoms in total. The molecule has 5 heteroatoms. The van der Waals surface area contributed by atoms with E-state index in [1.807, 2.05) is 45.0 Å². The zero-order valence-electron chi connectivity index (χ0n) is 11.6. The SMILES string of the molecule is Cc1ccc(NC(=O)c2ccc(C(C)C)nn2)cc1Br. The highest BCUT2D eigenvalue weighted by Gasteiger charge is 2.10. The van der Waals surface area contributed by atoms with Crippen molar-refractivity contribution in [3.8, 4) is 0 Å². The molecule has 0 radical (unpaired) electrons. The van der Waals surface area contributed by atoms with Gasteiger partial charge in [0, 0.05) is 10.2 Å². The highest BCUT2D eigenvalue weighted by Crippen LogP contribution is 2.21. The Hall–Kier alpha value is -1.75. The van der Waals surface area contributed by atoms with E-state index in [2.05, 4.69) is 31.4 Å². The molecule has 0 saturated heterocycles. The monoisotopic (exact) mass is 333 g/mol. The Balaban J connectivity index is 2.13. The fourth-order valence-corrected chi connectivity index (χ4v) is 2.02. The minimum atomic E-state index is -0.261. The van der Waals surface area contributed by atoms with E-state index in [9.17, 15) is 4.79 Å². The van der Waals surface area contributed by atoms with Crippen molar-refractivity contribution in [2.75, 3.05) is 5.32 Å². The van der Waals surface area contributed by atoms with Gasteiger partial charge in [-0.3, -0.25) is 4.79 Å². The van der Waals surface area contributed by atoms with Crippen LogP contribution >= 0.6 is 15.9 Å². The van der Waals surface area contributed by atoms with Crippen LogP contribution in [0.4, 0.5) is 5.69 Å². The fraction of sp³-hybridized carbons (Fsp3) is 0.267. The van der Waals surface area contributed by atoms with Crippen LogP contribution in [0.2, 0.25) is 0 Å². The summed E-state index contributed by atoms with van der Waals surface area (Å²) in [6.45, 7) is 6.06. The number of halogens is 1. The number of hydrogen-bond acceptors (Lipinski definition) is 3. The lowest BCUT2D eigenvalue weighted by atomic mass is 10.1. The Morgan fingerprint density at radius 2 is 1.95 bits per heavy atom. The Labute approximate surface area is 126 Å². The third kappa shape index (κ3) is 3.42. The highest BCUT2D eigenvalue weighted by atomic mass is 79.9. The summed E-state index contributed by atoms with van der Waals surface area (Å²) in [4.78, 5) is 12.1. The van der Waals surface area contributed by atoms with E-state index in [0.29, 0.717) is 11.6 Å². The maximum absolute atomic E-state index is 12.1. The number of benzene rings is 1. The van der Waals surface area contributed by atoms with Crippen molar-refractivity contribution >= 4 is 27.5 Å². The third-order valence-electron chi connectivity index (χ3n) is 2.94. The predicted molar refractivity (Wildman–Crippen MR) is 83.0 cm³/mol. The number of aromatic nitrogens is 2. The Morgan fingerprint density at radius 1 is 1.20 bits per heavy atom. The maximum atomic E-state index is 12.1. The first kappa shape index (κ1) is 14.7. The molecule has 20 heavy (non-hydrogen) atoms. The van der Waals surface area contributed by atoms with Gasteiger partial charge in [-0.15, -0.1) is 5.10 Å². The molecular weight excluding hydrogens is 318 g/mol. The number of amides is 1. The first-order valence-corrected chi connectivity index (χ1v) is 7.18. The Morgan fingerprint density at radius 3 is 2.50 bits per heavy atom. The van der Waals surface area contributed by atoms with Gasteiger partial charge in [-0.25, -0.2) is 0 Å². The molecule has 0 aliphatic carbocycles. The molecule has 0 saturated carbocycles. The van der Waals surface area contributed by atoms with E-state index in [0.717, 1.165) is 21.4 Å². The number of anilines is 1. The lowest BCUT2D eigenvalue weighted by Gasteiger charge is -2.07. The summed E-state index contributed by atoms with van der Waals surface area (Å²) in [6.07, 6.45) is 0. The predicted octanol–water partition coefficient (Wildman–Crippen LogP) is 3.92. The van der Waals surface area contributed by atoms with E-state index >= 15 is 0 Å². The molecule has 1 heterocycles. The van der Waals surface area contributed by atoms with Crippen molar-refractivity contribution in [3.05, 3.63) is 51.8 Å². The average molecular weight is 334 g/mol. The topological polar surface area (TPSA) is 54.9 Å². The minimum Gasteiger partial charge on any atom is -0.321 e. The van der Waals surface area contributed by atoms with Crippen LogP contribution in [0.5, 0.6) is 0 Å². The summed E-state index contributed by atoms with van der Waals surface area (Å²) in [5.74, 6) is 0.0382. The van der Waals surface area contributed by atoms with Gasteiger partial charge >= 0.3 is 0 Å². The maximum Gasteiger partial charge on any atom is 0.276 e. The molecule has 2 aromatic rings. The molecule has 0 spiro atoms. The van der Waals surface area contributed by atoms with Gasteiger partial charge in [0.15, 0.2) is 5.69 Å². The van der Waals surface area contributed by atoms with E-state index in [1.54, 1.807) is 6.07 Å². The first-order valence-electron chi connectivity index (χ1n) is 6.38. The molecule has 2 rings (SSSR count). The molecule has 1 aromatic heterocycles. The molecule has 1 N–H and O–H groups in total. The summed E-state index contributed by atoms with van der Waals surface area (Å²) in [7, 11) is 0. The average Bonchev–Trinajstić information content (AvgIpc) is 2.43. The van der Waals surface area contributed by atoms with Gasteiger partial charge < -0.3 is 5.32 Å². The van der Waals surface area contributed by atoms with Crippen molar-refractivity contribution in [2.24, 2.45) is 0 Å². The minimum absolute atomic E-state index is 0.261. The number of nitrogens with zero attached hydrogens (tertiary/aromatic N) is 2. The van der Waals surface area contributed by atoms with Crippen molar-refractivity contribution < 1.29 is 4.79 Å². The second-order valence-electron chi connectivity index (χ2n) is 4.92. The van der Waals surface area contributed by atoms with Crippen molar-refractivity contribution in [1.29, 1.82) is 0 Å². The number of nitrogens with one attached hydrogen (secondary N) is 1. The van der Waals surface area contributed by atoms with E-state index in [-0.39, 0.29) is 5.91 Å². The molecule has 0 fully saturated rings. The van der Waals surface area contributed by atoms with Crippen LogP contribution in [0.15, 0.2) is 34.8 Å². The third-order valence-corrected chi connectivity index (χ3v) is 3.79. The number of carbonyl (C=O) groups excluding carboxylic acids is 1. The number of carbonyl (C=O) groups is 1. The molecule has 0 aliphatic rings. The molecule has 1 aromatic carbocycles. The van der Waals surface area contributed by atoms with Gasteiger partial charge in [-0.05, 0) is 42.7 Å². The van der Waals surface area contributed by atoms with Gasteiger partial charge in [0.05, 0.1) is 5.69 Å². The van der Waals surface area contributed by atoms with Crippen LogP contribution in [0.25, 0.3) is 0 Å². The van der Waals surface area contributed by atoms with Crippen LogP contribution in [0, 0.1) is 6.92 Å². The first-order chi connectivity index (χ1) is 9.47. The second kappa shape index (κ2) is 6.13. The van der Waals surface area contributed by atoms with Gasteiger partial charge in [0.1, 0.15) is 0 Å². The second-order valence-corrected chi connectivity index (χ2v) is 5.77. The van der Waals surface area contributed by atoms with Gasteiger partial charge in [0.2, 0.25) is 0 Å². The zero-order valence-corrected chi connectivity index (χ0v) is 13.2. The van der Waals surface area contributed by atoms with E-state index in [4.69, 9.17) is 0 Å². The normalized spacial score (nSPS) is 10.7. The Bertz CT molecular complexity index is 624. The molecule has 0 atom stereocenters. The fourth-order valence-electron chi connectivity index (χ4n) is 1.64. The molecule has 0 aliphatic heterocycles. The Kier molecular flexibility index (Phi) is 4.49. The highest BCUT2D eigenvalue weighted by molar-refractivity contribution is 9.10. The van der Waals surface area contributed by atoms with Gasteiger partial charge in [0.25, 0.3) is 5.91 Å².